The van der Waals surface area contributed by atoms with E-state index in [9.17, 15) is 4.39 Å². The summed E-state index contributed by atoms with van der Waals surface area (Å²) in [5, 5.41) is 8.77. The first-order valence-electron chi connectivity index (χ1n) is 4.30. The molecule has 0 unspecified atom stereocenters. The van der Waals surface area contributed by atoms with Gasteiger partial charge in [0, 0.05) is 20.1 Å². The van der Waals surface area contributed by atoms with Gasteiger partial charge in [0.1, 0.15) is 17.4 Å². The van der Waals surface area contributed by atoms with Crippen molar-refractivity contribution < 1.29 is 4.39 Å². The highest BCUT2D eigenvalue weighted by atomic mass is 19.1. The highest BCUT2D eigenvalue weighted by molar-refractivity contribution is 5.59. The van der Waals surface area contributed by atoms with Crippen LogP contribution in [0, 0.1) is 17.1 Å². The summed E-state index contributed by atoms with van der Waals surface area (Å²) in [6.45, 7) is 1.07. The number of hydrogen-bond acceptors (Lipinski definition) is 3. The molecule has 0 aromatic heterocycles. The molecule has 14 heavy (non-hydrogen) atoms. The molecule has 0 radical (unpaired) electrons. The molecule has 1 aromatic rings. The van der Waals surface area contributed by atoms with Crippen molar-refractivity contribution >= 4 is 5.69 Å². The first-order chi connectivity index (χ1) is 6.70. The number of nitrogens with two attached hydrogens (primary N) is 1. The van der Waals surface area contributed by atoms with Crippen molar-refractivity contribution in [1.82, 2.24) is 0 Å². The van der Waals surface area contributed by atoms with E-state index in [-0.39, 0.29) is 5.56 Å². The summed E-state index contributed by atoms with van der Waals surface area (Å²) >= 11 is 0. The number of likely N-dealkylation sites (N-methyl/N-ethyl adjacent to an activating group) is 1. The Morgan fingerprint density at radius 3 is 2.86 bits per heavy atom. The topological polar surface area (TPSA) is 53.0 Å². The van der Waals surface area contributed by atoms with Crippen molar-refractivity contribution in [2.45, 2.75) is 0 Å². The molecule has 0 amide bonds. The Kier molecular flexibility index (Phi) is 3.43. The normalized spacial score (nSPS) is 9.57. The monoisotopic (exact) mass is 193 g/mol. The number of nitrogens with zero attached hydrogens (tertiary/aromatic N) is 2. The van der Waals surface area contributed by atoms with Gasteiger partial charge in [-0.3, -0.25) is 0 Å². The zero-order valence-electron chi connectivity index (χ0n) is 8.00. The first kappa shape index (κ1) is 10.5. The molecule has 0 atom stereocenters. The molecule has 0 spiro atoms. The third-order valence-electron chi connectivity index (χ3n) is 1.98. The van der Waals surface area contributed by atoms with Crippen LogP contribution >= 0.6 is 0 Å². The Morgan fingerprint density at radius 2 is 2.29 bits per heavy atom. The largest absolute Gasteiger partial charge is 0.372 e. The predicted molar refractivity (Wildman–Crippen MR) is 53.4 cm³/mol. The molecular formula is C10H12FN3. The molecule has 0 saturated heterocycles. The second-order valence-electron chi connectivity index (χ2n) is 2.96. The molecule has 0 heterocycles. The average Bonchev–Trinajstić information content (AvgIpc) is 2.17. The SMILES string of the molecule is CN(CCN)c1cccc(F)c1C#N. The minimum atomic E-state index is -0.492. The fourth-order valence-corrected chi connectivity index (χ4v) is 1.26. The molecule has 1 aromatic carbocycles. The number of hydrogen-bond donors (Lipinski definition) is 1. The van der Waals surface area contributed by atoms with Crippen LogP contribution in [-0.4, -0.2) is 20.1 Å². The van der Waals surface area contributed by atoms with Crippen molar-refractivity contribution in [1.29, 1.82) is 5.26 Å². The van der Waals surface area contributed by atoms with Gasteiger partial charge in [0.05, 0.1) is 5.69 Å². The lowest BCUT2D eigenvalue weighted by Crippen LogP contribution is -2.25. The quantitative estimate of drug-likeness (QED) is 0.781. The second-order valence-corrected chi connectivity index (χ2v) is 2.96. The standard InChI is InChI=1S/C10H12FN3/c1-14(6-5-12)10-4-2-3-9(11)8(10)7-13/h2-4H,5-6,12H2,1H3. The van der Waals surface area contributed by atoms with Crippen molar-refractivity contribution in [2.75, 3.05) is 25.0 Å². The summed E-state index contributed by atoms with van der Waals surface area (Å²) in [6, 6.07) is 6.41. The molecule has 74 valence electrons. The maximum absolute atomic E-state index is 13.2. The minimum Gasteiger partial charge on any atom is -0.372 e. The van der Waals surface area contributed by atoms with Gasteiger partial charge in [0.15, 0.2) is 0 Å². The van der Waals surface area contributed by atoms with Crippen molar-refractivity contribution in [3.63, 3.8) is 0 Å². The van der Waals surface area contributed by atoms with Gasteiger partial charge in [-0.15, -0.1) is 0 Å². The van der Waals surface area contributed by atoms with E-state index in [1.54, 1.807) is 24.1 Å². The summed E-state index contributed by atoms with van der Waals surface area (Å²) in [5.41, 5.74) is 6.03. The smallest absolute Gasteiger partial charge is 0.143 e. The van der Waals surface area contributed by atoms with Gasteiger partial charge in [-0.1, -0.05) is 6.07 Å². The molecule has 0 aliphatic carbocycles. The summed E-state index contributed by atoms with van der Waals surface area (Å²) in [6.07, 6.45) is 0. The summed E-state index contributed by atoms with van der Waals surface area (Å²) < 4.78 is 13.2. The molecule has 0 fully saturated rings. The molecule has 0 saturated carbocycles. The number of nitriles is 1. The van der Waals surface area contributed by atoms with Gasteiger partial charge in [0.2, 0.25) is 0 Å². The van der Waals surface area contributed by atoms with Gasteiger partial charge < -0.3 is 10.6 Å². The van der Waals surface area contributed by atoms with E-state index in [0.29, 0.717) is 18.8 Å². The maximum atomic E-state index is 13.2. The average molecular weight is 193 g/mol. The van der Waals surface area contributed by atoms with Crippen LogP contribution in [0.2, 0.25) is 0 Å². The summed E-state index contributed by atoms with van der Waals surface area (Å²) in [4.78, 5) is 1.77. The van der Waals surface area contributed by atoms with E-state index in [1.165, 1.54) is 6.07 Å². The fraction of sp³-hybridized carbons (Fsp3) is 0.300. The van der Waals surface area contributed by atoms with E-state index in [4.69, 9.17) is 11.0 Å². The lowest BCUT2D eigenvalue weighted by molar-refractivity contribution is 0.623. The minimum absolute atomic E-state index is 0.0726. The highest BCUT2D eigenvalue weighted by Gasteiger charge is 2.10. The molecule has 4 heteroatoms. The van der Waals surface area contributed by atoms with Crippen LogP contribution in [0.25, 0.3) is 0 Å². The number of halogens is 1. The molecule has 1 rings (SSSR count). The zero-order chi connectivity index (χ0) is 10.6. The maximum Gasteiger partial charge on any atom is 0.143 e. The predicted octanol–water partition coefficient (Wildman–Crippen LogP) is 1.09. The lowest BCUT2D eigenvalue weighted by atomic mass is 10.1. The number of anilines is 1. The lowest BCUT2D eigenvalue weighted by Gasteiger charge is -2.19. The van der Waals surface area contributed by atoms with Gasteiger partial charge in [-0.05, 0) is 12.1 Å². The molecule has 0 aliphatic rings. The third kappa shape index (κ3) is 2.01. The van der Waals surface area contributed by atoms with E-state index in [1.807, 2.05) is 6.07 Å². The van der Waals surface area contributed by atoms with Crippen LogP contribution in [0.3, 0.4) is 0 Å². The van der Waals surface area contributed by atoms with Crippen LogP contribution < -0.4 is 10.6 Å². The van der Waals surface area contributed by atoms with Crippen LogP contribution in [0.4, 0.5) is 10.1 Å². The van der Waals surface area contributed by atoms with Gasteiger partial charge in [-0.25, -0.2) is 4.39 Å². The molecule has 3 nitrogen and oxygen atoms in total. The van der Waals surface area contributed by atoms with E-state index >= 15 is 0 Å². The summed E-state index contributed by atoms with van der Waals surface area (Å²) in [5.74, 6) is -0.492. The highest BCUT2D eigenvalue weighted by Crippen LogP contribution is 2.20. The number of rotatable bonds is 3. The van der Waals surface area contributed by atoms with E-state index in [2.05, 4.69) is 0 Å². The van der Waals surface area contributed by atoms with Crippen LogP contribution in [0.15, 0.2) is 18.2 Å². The Labute approximate surface area is 82.5 Å². The van der Waals surface area contributed by atoms with E-state index in [0.717, 1.165) is 0 Å². The first-order valence-corrected chi connectivity index (χ1v) is 4.30. The molecular weight excluding hydrogens is 181 g/mol. The van der Waals surface area contributed by atoms with Crippen LogP contribution in [-0.2, 0) is 0 Å². The molecule has 0 aliphatic heterocycles. The molecule has 0 bridgehead atoms. The number of benzene rings is 1. The van der Waals surface area contributed by atoms with Crippen molar-refractivity contribution in [3.8, 4) is 6.07 Å². The Morgan fingerprint density at radius 1 is 1.57 bits per heavy atom. The molecule has 2 N–H and O–H groups in total. The van der Waals surface area contributed by atoms with Crippen LogP contribution in [0.1, 0.15) is 5.56 Å². The van der Waals surface area contributed by atoms with Crippen molar-refractivity contribution in [3.05, 3.63) is 29.6 Å². The van der Waals surface area contributed by atoms with Gasteiger partial charge in [-0.2, -0.15) is 5.26 Å². The van der Waals surface area contributed by atoms with Crippen LogP contribution in [0.5, 0.6) is 0 Å². The van der Waals surface area contributed by atoms with Gasteiger partial charge in [0.25, 0.3) is 0 Å². The second kappa shape index (κ2) is 4.58. The van der Waals surface area contributed by atoms with E-state index < -0.39 is 5.82 Å². The van der Waals surface area contributed by atoms with Gasteiger partial charge >= 0.3 is 0 Å². The zero-order valence-corrected chi connectivity index (χ0v) is 8.00. The summed E-state index contributed by atoms with van der Waals surface area (Å²) in [7, 11) is 1.78. The third-order valence-corrected chi connectivity index (χ3v) is 1.98. The Hall–Kier alpha value is -1.60. The Bertz CT molecular complexity index is 357. The Balaban J connectivity index is 3.08. The van der Waals surface area contributed by atoms with Crippen molar-refractivity contribution in [2.24, 2.45) is 5.73 Å². The fourth-order valence-electron chi connectivity index (χ4n) is 1.26.